The number of carbonyl (C=O) groups excluding carboxylic acids is 1. The van der Waals surface area contributed by atoms with Crippen LogP contribution in [0, 0.1) is 0 Å². The standard InChI is InChI=1S/C18H27N3O2/c22-18(19-10-15-23-17-8-2-1-3-9-17)21-13-11-20(12-14-21)16-6-4-5-7-16/h1-3,8-9,16H,4-7,10-15H2,(H,19,22). The molecule has 5 nitrogen and oxygen atoms in total. The number of urea groups is 1. The molecule has 2 aliphatic rings. The van der Waals surface area contributed by atoms with Crippen LogP contribution in [0.3, 0.4) is 0 Å². The first-order valence-electron chi connectivity index (χ1n) is 8.77. The minimum absolute atomic E-state index is 0.0349. The highest BCUT2D eigenvalue weighted by molar-refractivity contribution is 5.74. The molecular formula is C18H27N3O2. The fraction of sp³-hybridized carbons (Fsp3) is 0.611. The molecule has 1 aromatic rings. The lowest BCUT2D eigenvalue weighted by atomic mass is 10.2. The highest BCUT2D eigenvalue weighted by Gasteiger charge is 2.27. The lowest BCUT2D eigenvalue weighted by molar-refractivity contribution is 0.109. The van der Waals surface area contributed by atoms with Gasteiger partial charge in [0.1, 0.15) is 12.4 Å². The fourth-order valence-corrected chi connectivity index (χ4v) is 3.51. The Hall–Kier alpha value is -1.75. The Morgan fingerprint density at radius 3 is 2.48 bits per heavy atom. The van der Waals surface area contributed by atoms with Gasteiger partial charge in [-0.2, -0.15) is 0 Å². The van der Waals surface area contributed by atoms with E-state index in [2.05, 4.69) is 10.2 Å². The summed E-state index contributed by atoms with van der Waals surface area (Å²) in [5, 5.41) is 2.95. The third-order valence-electron chi connectivity index (χ3n) is 4.83. The maximum Gasteiger partial charge on any atom is 0.317 e. The van der Waals surface area contributed by atoms with Gasteiger partial charge in [-0.1, -0.05) is 31.0 Å². The fourth-order valence-electron chi connectivity index (χ4n) is 3.51. The van der Waals surface area contributed by atoms with Crippen LogP contribution in [0.1, 0.15) is 25.7 Å². The van der Waals surface area contributed by atoms with Crippen LogP contribution in [0.4, 0.5) is 4.79 Å². The van der Waals surface area contributed by atoms with Crippen LogP contribution in [0.2, 0.25) is 0 Å². The molecule has 3 rings (SSSR count). The van der Waals surface area contributed by atoms with Gasteiger partial charge < -0.3 is 15.0 Å². The van der Waals surface area contributed by atoms with Crippen LogP contribution in [0.5, 0.6) is 5.75 Å². The SMILES string of the molecule is O=C(NCCOc1ccccc1)N1CCN(C2CCCC2)CC1. The molecule has 1 saturated heterocycles. The highest BCUT2D eigenvalue weighted by atomic mass is 16.5. The number of ether oxygens (including phenoxy) is 1. The number of piperazine rings is 1. The molecule has 23 heavy (non-hydrogen) atoms. The molecular weight excluding hydrogens is 290 g/mol. The molecule has 126 valence electrons. The van der Waals surface area contributed by atoms with Gasteiger partial charge in [0.05, 0.1) is 6.54 Å². The van der Waals surface area contributed by atoms with Gasteiger partial charge in [-0.15, -0.1) is 0 Å². The van der Waals surface area contributed by atoms with Gasteiger partial charge in [-0.05, 0) is 25.0 Å². The Balaban J connectivity index is 1.31. The molecule has 0 bridgehead atoms. The minimum atomic E-state index is 0.0349. The Bertz CT molecular complexity index is 480. The average Bonchev–Trinajstić information content (AvgIpc) is 3.14. The van der Waals surface area contributed by atoms with Crippen LogP contribution in [0.25, 0.3) is 0 Å². The van der Waals surface area contributed by atoms with E-state index in [9.17, 15) is 4.79 Å². The Morgan fingerprint density at radius 1 is 1.09 bits per heavy atom. The summed E-state index contributed by atoms with van der Waals surface area (Å²) in [6, 6.07) is 10.5. The van der Waals surface area contributed by atoms with E-state index in [4.69, 9.17) is 4.74 Å². The number of amides is 2. The molecule has 2 amide bonds. The largest absolute Gasteiger partial charge is 0.492 e. The third-order valence-corrected chi connectivity index (χ3v) is 4.83. The van der Waals surface area contributed by atoms with Gasteiger partial charge in [0, 0.05) is 32.2 Å². The zero-order valence-electron chi connectivity index (χ0n) is 13.7. The Kier molecular flexibility index (Phi) is 5.75. The van der Waals surface area contributed by atoms with E-state index in [-0.39, 0.29) is 6.03 Å². The highest BCUT2D eigenvalue weighted by Crippen LogP contribution is 2.24. The summed E-state index contributed by atoms with van der Waals surface area (Å²) in [7, 11) is 0. The number of carbonyl (C=O) groups is 1. The quantitative estimate of drug-likeness (QED) is 0.848. The molecule has 0 atom stereocenters. The predicted molar refractivity (Wildman–Crippen MR) is 90.7 cm³/mol. The molecule has 1 saturated carbocycles. The number of nitrogens with zero attached hydrogens (tertiary/aromatic N) is 2. The number of benzene rings is 1. The van der Waals surface area contributed by atoms with Crippen molar-refractivity contribution in [3.63, 3.8) is 0 Å². The molecule has 0 spiro atoms. The summed E-state index contributed by atoms with van der Waals surface area (Å²) in [4.78, 5) is 16.7. The number of hydrogen-bond donors (Lipinski definition) is 1. The molecule has 1 aromatic carbocycles. The van der Waals surface area contributed by atoms with Crippen molar-refractivity contribution >= 4 is 6.03 Å². The van der Waals surface area contributed by atoms with Crippen molar-refractivity contribution in [3.05, 3.63) is 30.3 Å². The second kappa shape index (κ2) is 8.20. The second-order valence-corrected chi connectivity index (χ2v) is 6.35. The van der Waals surface area contributed by atoms with Crippen LogP contribution in [-0.4, -0.2) is 61.2 Å². The van der Waals surface area contributed by atoms with Gasteiger partial charge in [0.15, 0.2) is 0 Å². The lowest BCUT2D eigenvalue weighted by Crippen LogP contribution is -2.54. The van der Waals surface area contributed by atoms with Crippen molar-refractivity contribution in [1.82, 2.24) is 15.1 Å². The minimum Gasteiger partial charge on any atom is -0.492 e. The van der Waals surface area contributed by atoms with E-state index in [0.29, 0.717) is 13.2 Å². The molecule has 1 heterocycles. The maximum absolute atomic E-state index is 12.2. The van der Waals surface area contributed by atoms with Crippen molar-refractivity contribution in [2.75, 3.05) is 39.3 Å². The summed E-state index contributed by atoms with van der Waals surface area (Å²) in [6.07, 6.45) is 5.41. The van der Waals surface area contributed by atoms with Crippen molar-refractivity contribution < 1.29 is 9.53 Å². The van der Waals surface area contributed by atoms with E-state index in [1.807, 2.05) is 35.2 Å². The van der Waals surface area contributed by atoms with E-state index in [0.717, 1.165) is 38.0 Å². The first kappa shape index (κ1) is 16.1. The van der Waals surface area contributed by atoms with Gasteiger partial charge in [0.2, 0.25) is 0 Å². The van der Waals surface area contributed by atoms with Gasteiger partial charge >= 0.3 is 6.03 Å². The van der Waals surface area contributed by atoms with Gasteiger partial charge in [-0.25, -0.2) is 4.79 Å². The van der Waals surface area contributed by atoms with Crippen LogP contribution in [0.15, 0.2) is 30.3 Å². The molecule has 5 heteroatoms. The summed E-state index contributed by atoms with van der Waals surface area (Å²) in [5.74, 6) is 0.840. The predicted octanol–water partition coefficient (Wildman–Crippen LogP) is 2.34. The van der Waals surface area contributed by atoms with Crippen molar-refractivity contribution in [2.24, 2.45) is 0 Å². The van der Waals surface area contributed by atoms with E-state index >= 15 is 0 Å². The van der Waals surface area contributed by atoms with Crippen LogP contribution in [-0.2, 0) is 0 Å². The lowest BCUT2D eigenvalue weighted by Gasteiger charge is -2.38. The Morgan fingerprint density at radius 2 is 1.78 bits per heavy atom. The topological polar surface area (TPSA) is 44.8 Å². The summed E-state index contributed by atoms with van der Waals surface area (Å²) < 4.78 is 5.59. The number of para-hydroxylation sites is 1. The molecule has 2 fully saturated rings. The zero-order valence-corrected chi connectivity index (χ0v) is 13.7. The molecule has 0 radical (unpaired) electrons. The summed E-state index contributed by atoms with van der Waals surface area (Å²) >= 11 is 0. The first-order chi connectivity index (χ1) is 11.3. The molecule has 1 aliphatic carbocycles. The van der Waals surface area contributed by atoms with E-state index in [1.54, 1.807) is 0 Å². The van der Waals surface area contributed by atoms with E-state index in [1.165, 1.54) is 25.7 Å². The molecule has 0 aromatic heterocycles. The van der Waals surface area contributed by atoms with E-state index < -0.39 is 0 Å². The summed E-state index contributed by atoms with van der Waals surface area (Å²) in [5.41, 5.74) is 0. The van der Waals surface area contributed by atoms with Gasteiger partial charge in [0.25, 0.3) is 0 Å². The normalized spacial score (nSPS) is 19.7. The number of nitrogens with one attached hydrogen (secondary N) is 1. The Labute approximate surface area is 138 Å². The third kappa shape index (κ3) is 4.61. The summed E-state index contributed by atoms with van der Waals surface area (Å²) in [6.45, 7) is 4.73. The first-order valence-corrected chi connectivity index (χ1v) is 8.77. The smallest absolute Gasteiger partial charge is 0.317 e. The maximum atomic E-state index is 12.2. The second-order valence-electron chi connectivity index (χ2n) is 6.35. The van der Waals surface area contributed by atoms with Gasteiger partial charge in [-0.3, -0.25) is 4.90 Å². The van der Waals surface area contributed by atoms with Crippen molar-refractivity contribution in [1.29, 1.82) is 0 Å². The van der Waals surface area contributed by atoms with Crippen LogP contribution < -0.4 is 10.1 Å². The molecule has 1 N–H and O–H groups in total. The zero-order chi connectivity index (χ0) is 15.9. The van der Waals surface area contributed by atoms with Crippen LogP contribution >= 0.6 is 0 Å². The average molecular weight is 317 g/mol. The van der Waals surface area contributed by atoms with Crippen molar-refractivity contribution in [3.8, 4) is 5.75 Å². The van der Waals surface area contributed by atoms with Crippen molar-refractivity contribution in [2.45, 2.75) is 31.7 Å². The number of rotatable bonds is 5. The monoisotopic (exact) mass is 317 g/mol. The number of hydrogen-bond acceptors (Lipinski definition) is 3. The molecule has 1 aliphatic heterocycles. The molecule has 0 unspecified atom stereocenters.